The molecule has 3 N–H and O–H groups in total. The van der Waals surface area contributed by atoms with Crippen molar-refractivity contribution in [3.05, 3.63) is 12.2 Å². The number of aryl methyl sites for hydroxylation is 1. The Morgan fingerprint density at radius 3 is 2.89 bits per heavy atom. The van der Waals surface area contributed by atoms with E-state index in [0.717, 1.165) is 18.7 Å². The van der Waals surface area contributed by atoms with Crippen LogP contribution < -0.4 is 5.32 Å². The lowest BCUT2D eigenvalue weighted by molar-refractivity contribution is -0.146. The van der Waals surface area contributed by atoms with Crippen LogP contribution in [-0.2, 0) is 16.0 Å². The highest BCUT2D eigenvalue weighted by Crippen LogP contribution is 2.31. The molecule has 0 saturated heterocycles. The van der Waals surface area contributed by atoms with Crippen molar-refractivity contribution in [2.45, 2.75) is 32.1 Å². The van der Waals surface area contributed by atoms with Gasteiger partial charge in [-0.2, -0.15) is 5.10 Å². The number of carbonyl (C=O) groups is 2. The van der Waals surface area contributed by atoms with Gasteiger partial charge in [-0.3, -0.25) is 14.7 Å². The van der Waals surface area contributed by atoms with Crippen LogP contribution in [0, 0.1) is 11.8 Å². The lowest BCUT2D eigenvalue weighted by Gasteiger charge is -2.15. The largest absolute Gasteiger partial charge is 0.481 e. The fourth-order valence-electron chi connectivity index (χ4n) is 2.52. The van der Waals surface area contributed by atoms with Crippen LogP contribution in [0.5, 0.6) is 0 Å². The lowest BCUT2D eigenvalue weighted by atomic mass is 9.95. The molecule has 1 aliphatic carbocycles. The summed E-state index contributed by atoms with van der Waals surface area (Å²) in [7, 11) is 0. The Bertz CT molecular complexity index is 432. The molecule has 0 aliphatic heterocycles. The van der Waals surface area contributed by atoms with Crippen molar-refractivity contribution in [2.24, 2.45) is 11.8 Å². The fraction of sp³-hybridized carbons (Fsp3) is 0.667. The molecule has 7 nitrogen and oxygen atoms in total. The molecule has 1 aromatic rings. The van der Waals surface area contributed by atoms with Crippen LogP contribution in [0.3, 0.4) is 0 Å². The summed E-state index contributed by atoms with van der Waals surface area (Å²) >= 11 is 0. The Labute approximate surface area is 110 Å². The number of H-pyrrole nitrogens is 1. The van der Waals surface area contributed by atoms with Gasteiger partial charge in [-0.05, 0) is 19.3 Å². The van der Waals surface area contributed by atoms with E-state index in [1.54, 1.807) is 0 Å². The van der Waals surface area contributed by atoms with Crippen molar-refractivity contribution in [1.82, 2.24) is 20.5 Å². The van der Waals surface area contributed by atoms with Crippen LogP contribution in [0.4, 0.5) is 0 Å². The van der Waals surface area contributed by atoms with E-state index in [1.807, 2.05) is 0 Å². The fourth-order valence-corrected chi connectivity index (χ4v) is 2.52. The zero-order valence-corrected chi connectivity index (χ0v) is 10.6. The van der Waals surface area contributed by atoms with E-state index in [-0.39, 0.29) is 11.8 Å². The van der Waals surface area contributed by atoms with E-state index in [1.165, 1.54) is 6.33 Å². The Morgan fingerprint density at radius 1 is 1.42 bits per heavy atom. The summed E-state index contributed by atoms with van der Waals surface area (Å²) in [6.45, 7) is 0.530. The first-order chi connectivity index (χ1) is 9.18. The van der Waals surface area contributed by atoms with E-state index in [0.29, 0.717) is 25.8 Å². The number of rotatable bonds is 6. The molecule has 1 aromatic heterocycles. The molecule has 0 spiro atoms. The normalized spacial score (nSPS) is 22.3. The molecular weight excluding hydrogens is 248 g/mol. The maximum absolute atomic E-state index is 11.9. The molecule has 0 bridgehead atoms. The minimum absolute atomic E-state index is 0.137. The molecule has 2 atom stereocenters. The first kappa shape index (κ1) is 13.5. The van der Waals surface area contributed by atoms with Crippen molar-refractivity contribution in [3.8, 4) is 0 Å². The van der Waals surface area contributed by atoms with Gasteiger partial charge in [0, 0.05) is 13.0 Å². The van der Waals surface area contributed by atoms with Gasteiger partial charge in [0.25, 0.3) is 0 Å². The maximum Gasteiger partial charge on any atom is 0.307 e. The average molecular weight is 266 g/mol. The Hall–Kier alpha value is -1.92. The second kappa shape index (κ2) is 6.31. The summed E-state index contributed by atoms with van der Waals surface area (Å²) in [6, 6.07) is 0. The van der Waals surface area contributed by atoms with Crippen LogP contribution in [0.1, 0.15) is 31.5 Å². The average Bonchev–Trinajstić information content (AvgIpc) is 3.04. The van der Waals surface area contributed by atoms with Crippen LogP contribution in [0.2, 0.25) is 0 Å². The molecule has 1 saturated carbocycles. The maximum atomic E-state index is 11.9. The second-order valence-electron chi connectivity index (χ2n) is 4.81. The van der Waals surface area contributed by atoms with Crippen LogP contribution in [0.15, 0.2) is 6.33 Å². The molecular formula is C12H18N4O3. The van der Waals surface area contributed by atoms with Crippen molar-refractivity contribution in [2.75, 3.05) is 6.54 Å². The number of carbonyl (C=O) groups excluding carboxylic acids is 1. The molecule has 7 heteroatoms. The van der Waals surface area contributed by atoms with Crippen molar-refractivity contribution in [3.63, 3.8) is 0 Å². The summed E-state index contributed by atoms with van der Waals surface area (Å²) in [6.07, 6.45) is 5.01. The number of hydrogen-bond donors (Lipinski definition) is 3. The highest BCUT2D eigenvalue weighted by Gasteiger charge is 2.37. The van der Waals surface area contributed by atoms with Gasteiger partial charge in [-0.1, -0.05) is 6.42 Å². The quantitative estimate of drug-likeness (QED) is 0.644. The highest BCUT2D eigenvalue weighted by atomic mass is 16.4. The monoisotopic (exact) mass is 266 g/mol. The van der Waals surface area contributed by atoms with Crippen LogP contribution in [-0.4, -0.2) is 38.7 Å². The molecule has 1 aliphatic rings. The van der Waals surface area contributed by atoms with Gasteiger partial charge in [0.05, 0.1) is 11.8 Å². The topological polar surface area (TPSA) is 108 Å². The van der Waals surface area contributed by atoms with Gasteiger partial charge in [0.1, 0.15) is 12.2 Å². The molecule has 1 heterocycles. The predicted octanol–water partition coefficient (Wildman–Crippen LogP) is 0.354. The van der Waals surface area contributed by atoms with E-state index < -0.39 is 11.9 Å². The number of amides is 1. The number of hydrogen-bond acceptors (Lipinski definition) is 4. The zero-order valence-electron chi connectivity index (χ0n) is 10.6. The number of nitrogens with one attached hydrogen (secondary N) is 2. The number of aromatic amines is 1. The van der Waals surface area contributed by atoms with Crippen molar-refractivity contribution in [1.29, 1.82) is 0 Å². The number of carboxylic acids is 1. The standard InChI is InChI=1S/C12H18N4O3/c17-11(8-3-1-4-9(8)12(18)19)13-6-2-5-10-14-7-15-16-10/h7-9H,1-6H2,(H,13,17)(H,18,19)(H,14,15,16). The van der Waals surface area contributed by atoms with E-state index >= 15 is 0 Å². The Morgan fingerprint density at radius 2 is 2.21 bits per heavy atom. The first-order valence-corrected chi connectivity index (χ1v) is 6.53. The smallest absolute Gasteiger partial charge is 0.307 e. The molecule has 1 amide bonds. The molecule has 2 unspecified atom stereocenters. The minimum atomic E-state index is -0.862. The summed E-state index contributed by atoms with van der Waals surface area (Å²) < 4.78 is 0. The van der Waals surface area contributed by atoms with Crippen molar-refractivity contribution >= 4 is 11.9 Å². The van der Waals surface area contributed by atoms with E-state index in [9.17, 15) is 9.59 Å². The van der Waals surface area contributed by atoms with Gasteiger partial charge >= 0.3 is 5.97 Å². The summed E-state index contributed by atoms with van der Waals surface area (Å²) in [5.74, 6) is -1.10. The highest BCUT2D eigenvalue weighted by molar-refractivity contribution is 5.85. The SMILES string of the molecule is O=C(O)C1CCCC1C(=O)NCCCc1ncn[nH]1. The van der Waals surface area contributed by atoms with Gasteiger partial charge in [-0.15, -0.1) is 0 Å². The lowest BCUT2D eigenvalue weighted by Crippen LogP contribution is -2.35. The second-order valence-corrected chi connectivity index (χ2v) is 4.81. The number of aliphatic carboxylic acids is 1. The molecule has 2 rings (SSSR count). The third-order valence-corrected chi connectivity index (χ3v) is 3.52. The van der Waals surface area contributed by atoms with Crippen molar-refractivity contribution < 1.29 is 14.7 Å². The first-order valence-electron chi connectivity index (χ1n) is 6.53. The molecule has 0 radical (unpaired) electrons. The minimum Gasteiger partial charge on any atom is -0.481 e. The number of carboxylic acid groups (broad SMARTS) is 1. The van der Waals surface area contributed by atoms with Gasteiger partial charge in [-0.25, -0.2) is 4.98 Å². The summed E-state index contributed by atoms with van der Waals surface area (Å²) in [5, 5.41) is 18.3. The van der Waals surface area contributed by atoms with Crippen LogP contribution in [0.25, 0.3) is 0 Å². The summed E-state index contributed by atoms with van der Waals surface area (Å²) in [5.41, 5.74) is 0. The molecule has 0 aromatic carbocycles. The molecule has 104 valence electrons. The zero-order chi connectivity index (χ0) is 13.7. The number of aromatic nitrogens is 3. The van der Waals surface area contributed by atoms with Crippen LogP contribution >= 0.6 is 0 Å². The Balaban J connectivity index is 1.70. The number of nitrogens with zero attached hydrogens (tertiary/aromatic N) is 2. The van der Waals surface area contributed by atoms with Gasteiger partial charge < -0.3 is 10.4 Å². The summed E-state index contributed by atoms with van der Waals surface area (Å²) in [4.78, 5) is 26.9. The predicted molar refractivity (Wildman–Crippen MR) is 66.2 cm³/mol. The third-order valence-electron chi connectivity index (χ3n) is 3.52. The molecule has 19 heavy (non-hydrogen) atoms. The van der Waals surface area contributed by atoms with Gasteiger partial charge in [0.2, 0.25) is 5.91 Å². The van der Waals surface area contributed by atoms with E-state index in [4.69, 9.17) is 5.11 Å². The van der Waals surface area contributed by atoms with E-state index in [2.05, 4.69) is 20.5 Å². The third kappa shape index (κ3) is 3.52. The van der Waals surface area contributed by atoms with Gasteiger partial charge in [0.15, 0.2) is 0 Å². The Kier molecular flexibility index (Phi) is 4.48. The molecule has 1 fully saturated rings.